The molecule has 2 heterocycles. The second kappa shape index (κ2) is 5.17. The zero-order chi connectivity index (χ0) is 12.5. The van der Waals surface area contributed by atoms with Gasteiger partial charge in [-0.1, -0.05) is 31.1 Å². The van der Waals surface area contributed by atoms with Crippen molar-refractivity contribution in [3.8, 4) is 0 Å². The van der Waals surface area contributed by atoms with Crippen LogP contribution < -0.4 is 4.90 Å². The smallest absolute Gasteiger partial charge is 0.186 e. The van der Waals surface area contributed by atoms with E-state index in [4.69, 9.17) is 4.98 Å². The van der Waals surface area contributed by atoms with Gasteiger partial charge in [0.2, 0.25) is 0 Å². The summed E-state index contributed by atoms with van der Waals surface area (Å²) in [4.78, 5) is 8.34. The van der Waals surface area contributed by atoms with Crippen LogP contribution in [0.1, 0.15) is 49.6 Å². The van der Waals surface area contributed by atoms with Crippen molar-refractivity contribution in [3.05, 3.63) is 10.6 Å². The fraction of sp³-hybridized carbons (Fsp3) is 0.786. The molecule has 1 aliphatic heterocycles. The summed E-state index contributed by atoms with van der Waals surface area (Å²) in [5.74, 6) is 0.894. The van der Waals surface area contributed by atoms with E-state index in [1.807, 2.05) is 0 Å². The highest BCUT2D eigenvalue weighted by Gasteiger charge is 2.37. The Kier molecular flexibility index (Phi) is 3.57. The van der Waals surface area contributed by atoms with Crippen LogP contribution in [0.15, 0.2) is 0 Å². The molecule has 2 unspecified atom stereocenters. The normalized spacial score (nSPS) is 27.6. The van der Waals surface area contributed by atoms with E-state index in [0.717, 1.165) is 40.6 Å². The van der Waals surface area contributed by atoms with Gasteiger partial charge in [0.25, 0.3) is 0 Å². The third kappa shape index (κ3) is 2.05. The topological polar surface area (TPSA) is 36.4 Å². The van der Waals surface area contributed by atoms with Crippen LogP contribution >= 0.6 is 11.3 Å². The second-order valence-corrected chi connectivity index (χ2v) is 6.53. The van der Waals surface area contributed by atoms with Gasteiger partial charge < -0.3 is 10.0 Å². The molecular weight excluding hydrogens is 244 g/mol. The van der Waals surface area contributed by atoms with Crippen molar-refractivity contribution in [1.82, 2.24) is 4.98 Å². The van der Waals surface area contributed by atoms with Crippen molar-refractivity contribution >= 4 is 16.5 Å². The molecule has 1 saturated carbocycles. The largest absolute Gasteiger partial charge is 0.391 e. The van der Waals surface area contributed by atoms with Crippen LogP contribution in [0.25, 0.3) is 0 Å². The van der Waals surface area contributed by atoms with E-state index in [9.17, 15) is 5.11 Å². The Morgan fingerprint density at radius 3 is 2.89 bits per heavy atom. The van der Waals surface area contributed by atoms with Gasteiger partial charge in [-0.05, 0) is 31.6 Å². The van der Waals surface area contributed by atoms with Crippen LogP contribution in [0.3, 0.4) is 0 Å². The van der Waals surface area contributed by atoms with Crippen LogP contribution in [0.4, 0.5) is 5.13 Å². The number of aliphatic hydroxyl groups excluding tert-OH is 1. The molecule has 2 fully saturated rings. The molecule has 3 rings (SSSR count). The third-order valence-corrected chi connectivity index (χ3v) is 5.62. The zero-order valence-corrected chi connectivity index (χ0v) is 11.9. The van der Waals surface area contributed by atoms with Gasteiger partial charge in [0, 0.05) is 12.6 Å². The number of hydrogen-bond acceptors (Lipinski definition) is 4. The SMILES string of the molecule is CCc1nc(N2CCC3CCCCC32)sc1CO. The molecule has 0 bridgehead atoms. The number of nitrogens with zero attached hydrogens (tertiary/aromatic N) is 2. The van der Waals surface area contributed by atoms with E-state index in [0.29, 0.717) is 0 Å². The Morgan fingerprint density at radius 2 is 2.17 bits per heavy atom. The Morgan fingerprint density at radius 1 is 1.33 bits per heavy atom. The number of rotatable bonds is 3. The Balaban J connectivity index is 1.84. The van der Waals surface area contributed by atoms with Crippen LogP contribution in [0, 0.1) is 5.92 Å². The number of anilines is 1. The minimum absolute atomic E-state index is 0.142. The van der Waals surface area contributed by atoms with E-state index < -0.39 is 0 Å². The maximum Gasteiger partial charge on any atom is 0.186 e. The molecule has 3 nitrogen and oxygen atoms in total. The summed E-state index contributed by atoms with van der Waals surface area (Å²) < 4.78 is 0. The van der Waals surface area contributed by atoms with Crippen molar-refractivity contribution in [2.45, 2.75) is 58.1 Å². The Hall–Kier alpha value is -0.610. The van der Waals surface area contributed by atoms with Gasteiger partial charge in [0.1, 0.15) is 0 Å². The monoisotopic (exact) mass is 266 g/mol. The summed E-state index contributed by atoms with van der Waals surface area (Å²) in [5, 5.41) is 10.5. The second-order valence-electron chi connectivity index (χ2n) is 5.47. The minimum atomic E-state index is 0.142. The third-order valence-electron chi connectivity index (χ3n) is 4.50. The predicted molar refractivity (Wildman–Crippen MR) is 75.1 cm³/mol. The molecule has 0 aromatic carbocycles. The number of aryl methyl sites for hydroxylation is 1. The van der Waals surface area contributed by atoms with Crippen molar-refractivity contribution < 1.29 is 5.11 Å². The number of thiazole rings is 1. The summed E-state index contributed by atoms with van der Waals surface area (Å²) in [5.41, 5.74) is 1.09. The summed E-state index contributed by atoms with van der Waals surface area (Å²) >= 11 is 1.70. The maximum atomic E-state index is 9.39. The standard InChI is InChI=1S/C14H22N2OS/c1-2-11-13(9-17)18-14(15-11)16-8-7-10-5-3-4-6-12(10)16/h10,12,17H,2-9H2,1H3. The van der Waals surface area contributed by atoms with E-state index in [1.54, 1.807) is 11.3 Å². The van der Waals surface area contributed by atoms with Gasteiger partial charge in [-0.25, -0.2) is 4.98 Å². The number of aliphatic hydroxyl groups is 1. The van der Waals surface area contributed by atoms with E-state index in [1.165, 1.54) is 32.1 Å². The van der Waals surface area contributed by atoms with Gasteiger partial charge >= 0.3 is 0 Å². The first-order valence-electron chi connectivity index (χ1n) is 7.19. The molecule has 4 heteroatoms. The molecule has 1 aliphatic carbocycles. The number of aromatic nitrogens is 1. The van der Waals surface area contributed by atoms with Crippen molar-refractivity contribution in [3.63, 3.8) is 0 Å². The molecule has 1 saturated heterocycles. The van der Waals surface area contributed by atoms with Gasteiger partial charge in [-0.3, -0.25) is 0 Å². The molecular formula is C14H22N2OS. The first kappa shape index (κ1) is 12.4. The van der Waals surface area contributed by atoms with Crippen LogP contribution in [0.5, 0.6) is 0 Å². The van der Waals surface area contributed by atoms with Gasteiger partial charge in [-0.15, -0.1) is 0 Å². The lowest BCUT2D eigenvalue weighted by atomic mass is 9.85. The summed E-state index contributed by atoms with van der Waals surface area (Å²) in [6.45, 7) is 3.42. The van der Waals surface area contributed by atoms with E-state index >= 15 is 0 Å². The van der Waals surface area contributed by atoms with Crippen molar-refractivity contribution in [2.24, 2.45) is 5.92 Å². The molecule has 18 heavy (non-hydrogen) atoms. The molecule has 2 atom stereocenters. The highest BCUT2D eigenvalue weighted by atomic mass is 32.1. The number of fused-ring (bicyclic) bond motifs is 1. The van der Waals surface area contributed by atoms with Gasteiger partial charge in [0.15, 0.2) is 5.13 Å². The Bertz CT molecular complexity index is 396. The molecule has 100 valence electrons. The van der Waals surface area contributed by atoms with Gasteiger partial charge in [0.05, 0.1) is 17.2 Å². The van der Waals surface area contributed by atoms with Crippen LogP contribution in [0.2, 0.25) is 0 Å². The highest BCUT2D eigenvalue weighted by molar-refractivity contribution is 7.15. The molecule has 1 aromatic heterocycles. The molecule has 1 aromatic rings. The highest BCUT2D eigenvalue weighted by Crippen LogP contribution is 2.40. The minimum Gasteiger partial charge on any atom is -0.391 e. The average Bonchev–Trinajstić information content (AvgIpc) is 3.01. The quantitative estimate of drug-likeness (QED) is 0.913. The fourth-order valence-electron chi connectivity index (χ4n) is 3.54. The lowest BCUT2D eigenvalue weighted by Gasteiger charge is -2.31. The predicted octanol–water partition coefficient (Wildman–Crippen LogP) is 2.97. The van der Waals surface area contributed by atoms with Gasteiger partial charge in [-0.2, -0.15) is 0 Å². The molecule has 0 radical (unpaired) electrons. The first-order valence-corrected chi connectivity index (χ1v) is 8.01. The average molecular weight is 266 g/mol. The van der Waals surface area contributed by atoms with Crippen molar-refractivity contribution in [2.75, 3.05) is 11.4 Å². The van der Waals surface area contributed by atoms with Crippen molar-refractivity contribution in [1.29, 1.82) is 0 Å². The maximum absolute atomic E-state index is 9.39. The number of hydrogen-bond donors (Lipinski definition) is 1. The fourth-order valence-corrected chi connectivity index (χ4v) is 4.63. The summed E-state index contributed by atoms with van der Waals surface area (Å²) in [6.07, 6.45) is 7.78. The van der Waals surface area contributed by atoms with Crippen LogP contribution in [-0.4, -0.2) is 22.7 Å². The molecule has 0 spiro atoms. The van der Waals surface area contributed by atoms with Crippen LogP contribution in [-0.2, 0) is 13.0 Å². The van der Waals surface area contributed by atoms with E-state index in [-0.39, 0.29) is 6.61 Å². The first-order chi connectivity index (χ1) is 8.83. The molecule has 1 N–H and O–H groups in total. The molecule has 2 aliphatic rings. The summed E-state index contributed by atoms with van der Waals surface area (Å²) in [6, 6.07) is 0.723. The summed E-state index contributed by atoms with van der Waals surface area (Å²) in [7, 11) is 0. The zero-order valence-electron chi connectivity index (χ0n) is 11.1. The Labute approximate surface area is 113 Å². The van der Waals surface area contributed by atoms with E-state index in [2.05, 4.69) is 11.8 Å². The molecule has 0 amide bonds. The lowest BCUT2D eigenvalue weighted by Crippen LogP contribution is -2.34. The lowest BCUT2D eigenvalue weighted by molar-refractivity contribution is 0.284.